The fourth-order valence-corrected chi connectivity index (χ4v) is 3.81. The van der Waals surface area contributed by atoms with E-state index in [0.29, 0.717) is 12.1 Å². The number of nitrogens with one attached hydrogen (secondary N) is 1. The molecular weight excluding hydrogens is 338 g/mol. The Morgan fingerprint density at radius 3 is 2.40 bits per heavy atom. The van der Waals surface area contributed by atoms with Gasteiger partial charge in [-0.2, -0.15) is 0 Å². The Morgan fingerprint density at radius 1 is 1.04 bits per heavy atom. The van der Waals surface area contributed by atoms with Crippen molar-refractivity contribution in [3.8, 4) is 5.75 Å². The molecule has 138 valence electrons. The van der Waals surface area contributed by atoms with Gasteiger partial charge in [0, 0.05) is 50.9 Å². The summed E-state index contributed by atoms with van der Waals surface area (Å²) in [4.78, 5) is 17.3. The number of ether oxygens (including phenoxy) is 1. The molecule has 1 aromatic rings. The monoisotopic (exact) mass is 365 g/mol. The molecule has 1 amide bonds. The Balaban J connectivity index is 0.00000182. The highest BCUT2D eigenvalue weighted by Crippen LogP contribution is 2.26. The minimum absolute atomic E-state index is 0. The number of hydrogen-bond donors (Lipinski definition) is 1. The molecule has 2 saturated heterocycles. The van der Waals surface area contributed by atoms with E-state index in [9.17, 15) is 4.79 Å². The van der Waals surface area contributed by atoms with Gasteiger partial charge in [-0.3, -0.25) is 9.69 Å². The van der Waals surface area contributed by atoms with Gasteiger partial charge in [-0.05, 0) is 49.9 Å². The van der Waals surface area contributed by atoms with Crippen molar-refractivity contribution in [2.24, 2.45) is 0 Å². The van der Waals surface area contributed by atoms with Gasteiger partial charge in [0.25, 0.3) is 5.91 Å². The van der Waals surface area contributed by atoms with Crippen LogP contribution in [0.3, 0.4) is 0 Å². The summed E-state index contributed by atoms with van der Waals surface area (Å²) in [6.07, 6.45) is 5.05. The minimum Gasteiger partial charge on any atom is -0.490 e. The molecule has 4 rings (SSSR count). The van der Waals surface area contributed by atoms with Crippen LogP contribution >= 0.6 is 12.4 Å². The molecule has 1 saturated carbocycles. The fourth-order valence-electron chi connectivity index (χ4n) is 3.81. The smallest absolute Gasteiger partial charge is 0.253 e. The second-order valence-electron chi connectivity index (χ2n) is 7.17. The van der Waals surface area contributed by atoms with Gasteiger partial charge in [0.05, 0.1) is 6.10 Å². The lowest BCUT2D eigenvalue weighted by molar-refractivity contribution is 0.0773. The van der Waals surface area contributed by atoms with E-state index in [2.05, 4.69) is 10.2 Å². The molecule has 5 nitrogen and oxygen atoms in total. The molecule has 1 aromatic carbocycles. The highest BCUT2D eigenvalue weighted by atomic mass is 35.5. The molecule has 1 unspecified atom stereocenters. The summed E-state index contributed by atoms with van der Waals surface area (Å²) < 4.78 is 5.87. The van der Waals surface area contributed by atoms with Gasteiger partial charge in [-0.15, -0.1) is 12.4 Å². The summed E-state index contributed by atoms with van der Waals surface area (Å²) in [5.74, 6) is 1.04. The first kappa shape index (κ1) is 18.5. The average Bonchev–Trinajstić information content (AvgIpc) is 3.09. The van der Waals surface area contributed by atoms with Crippen molar-refractivity contribution in [1.82, 2.24) is 15.1 Å². The molecular formula is C19H28ClN3O2. The second kappa shape index (κ2) is 8.39. The molecule has 1 atom stereocenters. The highest BCUT2D eigenvalue weighted by molar-refractivity contribution is 5.94. The molecule has 3 aliphatic rings. The van der Waals surface area contributed by atoms with Crippen LogP contribution in [0.1, 0.15) is 36.0 Å². The number of carbonyl (C=O) groups is 1. The van der Waals surface area contributed by atoms with Crippen molar-refractivity contribution in [2.45, 2.75) is 37.8 Å². The Kier molecular flexibility index (Phi) is 6.20. The SMILES string of the molecule is Cl.O=C(c1ccc(OC2CCC2)cc1)N1CCC(N2CCNCC2)C1. The molecule has 0 bridgehead atoms. The molecule has 1 aliphatic carbocycles. The van der Waals surface area contributed by atoms with E-state index in [0.717, 1.165) is 69.8 Å². The Labute approximate surface area is 156 Å². The van der Waals surface area contributed by atoms with Crippen LogP contribution in [0.5, 0.6) is 5.75 Å². The Morgan fingerprint density at radius 2 is 1.76 bits per heavy atom. The highest BCUT2D eigenvalue weighted by Gasteiger charge is 2.31. The number of rotatable bonds is 4. The zero-order valence-corrected chi connectivity index (χ0v) is 15.5. The van der Waals surface area contributed by atoms with Crippen LogP contribution in [-0.2, 0) is 0 Å². The van der Waals surface area contributed by atoms with Gasteiger partial charge in [0.1, 0.15) is 5.75 Å². The van der Waals surface area contributed by atoms with Crippen LogP contribution in [0.25, 0.3) is 0 Å². The summed E-state index contributed by atoms with van der Waals surface area (Å²) in [5, 5.41) is 3.39. The lowest BCUT2D eigenvalue weighted by Gasteiger charge is -2.32. The van der Waals surface area contributed by atoms with Crippen molar-refractivity contribution in [2.75, 3.05) is 39.3 Å². The predicted octanol–water partition coefficient (Wildman–Crippen LogP) is 2.16. The zero-order chi connectivity index (χ0) is 16.4. The largest absolute Gasteiger partial charge is 0.490 e. The van der Waals surface area contributed by atoms with E-state index in [1.165, 1.54) is 6.42 Å². The van der Waals surface area contributed by atoms with Crippen molar-refractivity contribution >= 4 is 18.3 Å². The van der Waals surface area contributed by atoms with Crippen molar-refractivity contribution in [3.63, 3.8) is 0 Å². The lowest BCUT2D eigenvalue weighted by Crippen LogP contribution is -2.49. The van der Waals surface area contributed by atoms with E-state index >= 15 is 0 Å². The van der Waals surface area contributed by atoms with Gasteiger partial charge in [-0.25, -0.2) is 0 Å². The number of amides is 1. The lowest BCUT2D eigenvalue weighted by atomic mass is 9.96. The average molecular weight is 366 g/mol. The van der Waals surface area contributed by atoms with Gasteiger partial charge in [0.15, 0.2) is 0 Å². The van der Waals surface area contributed by atoms with Crippen LogP contribution in [0, 0.1) is 0 Å². The Bertz CT molecular complexity index is 571. The maximum Gasteiger partial charge on any atom is 0.253 e. The van der Waals surface area contributed by atoms with Gasteiger partial charge in [-0.1, -0.05) is 0 Å². The van der Waals surface area contributed by atoms with E-state index < -0.39 is 0 Å². The van der Waals surface area contributed by atoms with Gasteiger partial charge in [0.2, 0.25) is 0 Å². The van der Waals surface area contributed by atoms with Crippen LogP contribution < -0.4 is 10.1 Å². The third-order valence-electron chi connectivity index (χ3n) is 5.57. The molecule has 2 heterocycles. The summed E-state index contributed by atoms with van der Waals surface area (Å²) >= 11 is 0. The molecule has 6 heteroatoms. The third-order valence-corrected chi connectivity index (χ3v) is 5.57. The number of likely N-dealkylation sites (tertiary alicyclic amines) is 1. The molecule has 0 aromatic heterocycles. The van der Waals surface area contributed by atoms with Crippen LogP contribution in [-0.4, -0.2) is 67.1 Å². The zero-order valence-electron chi connectivity index (χ0n) is 14.7. The summed E-state index contributed by atoms with van der Waals surface area (Å²) in [7, 11) is 0. The number of nitrogens with zero attached hydrogens (tertiary/aromatic N) is 2. The molecule has 2 aliphatic heterocycles. The molecule has 0 radical (unpaired) electrons. The Hall–Kier alpha value is -1.30. The first-order valence-corrected chi connectivity index (χ1v) is 9.30. The summed E-state index contributed by atoms with van der Waals surface area (Å²) in [6, 6.07) is 8.23. The minimum atomic E-state index is 0. The maximum atomic E-state index is 12.7. The van der Waals surface area contributed by atoms with E-state index in [1.54, 1.807) is 0 Å². The summed E-state index contributed by atoms with van der Waals surface area (Å²) in [5.41, 5.74) is 0.775. The predicted molar refractivity (Wildman–Crippen MR) is 101 cm³/mol. The second-order valence-corrected chi connectivity index (χ2v) is 7.17. The number of halogens is 1. The number of benzene rings is 1. The van der Waals surface area contributed by atoms with Crippen LogP contribution in [0.4, 0.5) is 0 Å². The van der Waals surface area contributed by atoms with Crippen LogP contribution in [0.15, 0.2) is 24.3 Å². The number of piperazine rings is 1. The topological polar surface area (TPSA) is 44.8 Å². The molecule has 25 heavy (non-hydrogen) atoms. The van der Waals surface area contributed by atoms with Crippen molar-refractivity contribution in [3.05, 3.63) is 29.8 Å². The quantitative estimate of drug-likeness (QED) is 0.888. The van der Waals surface area contributed by atoms with Gasteiger partial charge < -0.3 is 15.0 Å². The summed E-state index contributed by atoms with van der Waals surface area (Å²) in [6.45, 7) is 6.05. The first-order chi connectivity index (χ1) is 11.8. The third kappa shape index (κ3) is 4.27. The van der Waals surface area contributed by atoms with Crippen molar-refractivity contribution < 1.29 is 9.53 Å². The van der Waals surface area contributed by atoms with E-state index in [-0.39, 0.29) is 18.3 Å². The standard InChI is InChI=1S/C19H27N3O2.ClH/c23-19(15-4-6-18(7-5-15)24-17-2-1-3-17)22-11-8-16(14-22)21-12-9-20-10-13-21;/h4-7,16-17,20H,1-3,8-14H2;1H. The number of carbonyl (C=O) groups excluding carboxylic acids is 1. The van der Waals surface area contributed by atoms with E-state index in [4.69, 9.17) is 4.74 Å². The van der Waals surface area contributed by atoms with E-state index in [1.807, 2.05) is 29.2 Å². The first-order valence-electron chi connectivity index (χ1n) is 9.30. The van der Waals surface area contributed by atoms with Crippen LogP contribution in [0.2, 0.25) is 0 Å². The van der Waals surface area contributed by atoms with Gasteiger partial charge >= 0.3 is 0 Å². The normalized spacial score (nSPS) is 24.5. The molecule has 1 N–H and O–H groups in total. The number of hydrogen-bond acceptors (Lipinski definition) is 4. The molecule has 3 fully saturated rings. The molecule has 0 spiro atoms. The van der Waals surface area contributed by atoms with Crippen molar-refractivity contribution in [1.29, 1.82) is 0 Å². The fraction of sp³-hybridized carbons (Fsp3) is 0.632. The maximum absolute atomic E-state index is 12.7.